The second kappa shape index (κ2) is 6.80. The maximum absolute atomic E-state index is 3.66. The van der Waals surface area contributed by atoms with Gasteiger partial charge in [0.25, 0.3) is 0 Å². The molecule has 1 rings (SSSR count). The van der Waals surface area contributed by atoms with Gasteiger partial charge in [-0.1, -0.05) is 58.0 Å². The highest BCUT2D eigenvalue weighted by Crippen LogP contribution is 2.27. The molecule has 1 N–H and O–H groups in total. The average Bonchev–Trinajstić information content (AvgIpc) is 2.29. The van der Waals surface area contributed by atoms with E-state index in [2.05, 4.69) is 63.3 Å². The summed E-state index contributed by atoms with van der Waals surface area (Å²) >= 11 is 0. The van der Waals surface area contributed by atoms with Crippen molar-refractivity contribution in [2.45, 2.75) is 53.0 Å². The highest BCUT2D eigenvalue weighted by Gasteiger charge is 2.15. The maximum Gasteiger partial charge on any atom is 0.0320 e. The normalized spacial score (nSPS) is 13.6. The molecular weight excluding hydrogens is 206 g/mol. The molecule has 1 unspecified atom stereocenters. The molecule has 0 saturated carbocycles. The zero-order chi connectivity index (χ0) is 12.7. The summed E-state index contributed by atoms with van der Waals surface area (Å²) in [6.45, 7) is 10.3. The Morgan fingerprint density at radius 1 is 1.12 bits per heavy atom. The van der Waals surface area contributed by atoms with Gasteiger partial charge < -0.3 is 5.32 Å². The third kappa shape index (κ3) is 5.88. The van der Waals surface area contributed by atoms with Gasteiger partial charge in [-0.15, -0.1) is 0 Å². The number of rotatable bonds is 6. The fraction of sp³-hybridized carbons (Fsp3) is 0.625. The Morgan fingerprint density at radius 2 is 1.76 bits per heavy atom. The Balaban J connectivity index is 2.61. The first-order valence-corrected chi connectivity index (χ1v) is 6.81. The molecule has 0 radical (unpaired) electrons. The molecule has 0 fully saturated rings. The second-order valence-electron chi connectivity index (χ2n) is 6.02. The zero-order valence-corrected chi connectivity index (χ0v) is 11.8. The van der Waals surface area contributed by atoms with Crippen LogP contribution in [0.2, 0.25) is 0 Å². The molecule has 0 bridgehead atoms. The Labute approximate surface area is 107 Å². The van der Waals surface area contributed by atoms with Crippen LogP contribution in [-0.2, 0) is 0 Å². The molecule has 0 amide bonds. The predicted octanol–water partition coefficient (Wildman–Crippen LogP) is 4.55. The lowest BCUT2D eigenvalue weighted by molar-refractivity contribution is 0.332. The van der Waals surface area contributed by atoms with E-state index in [0.717, 1.165) is 6.54 Å². The van der Waals surface area contributed by atoms with E-state index in [1.807, 2.05) is 0 Å². The van der Waals surface area contributed by atoms with Gasteiger partial charge >= 0.3 is 0 Å². The molecule has 0 heterocycles. The van der Waals surface area contributed by atoms with Crippen molar-refractivity contribution in [3.8, 4) is 0 Å². The van der Waals surface area contributed by atoms with E-state index >= 15 is 0 Å². The summed E-state index contributed by atoms with van der Waals surface area (Å²) in [5.74, 6) is 0. The molecule has 0 aliphatic heterocycles. The molecule has 0 aliphatic rings. The Kier molecular flexibility index (Phi) is 5.70. The predicted molar refractivity (Wildman–Crippen MR) is 76.2 cm³/mol. The van der Waals surface area contributed by atoms with Gasteiger partial charge in [0, 0.05) is 6.04 Å². The number of hydrogen-bond donors (Lipinski definition) is 1. The number of hydrogen-bond acceptors (Lipinski definition) is 1. The van der Waals surface area contributed by atoms with Crippen LogP contribution in [0.25, 0.3) is 0 Å². The van der Waals surface area contributed by atoms with Crippen molar-refractivity contribution in [1.29, 1.82) is 0 Å². The van der Waals surface area contributed by atoms with Gasteiger partial charge in [0.1, 0.15) is 0 Å². The lowest BCUT2D eigenvalue weighted by Crippen LogP contribution is -2.23. The fourth-order valence-electron chi connectivity index (χ4n) is 1.97. The molecular formula is C16H27N. The highest BCUT2D eigenvalue weighted by atomic mass is 14.9. The van der Waals surface area contributed by atoms with Gasteiger partial charge in [0.2, 0.25) is 0 Å². The first kappa shape index (κ1) is 14.2. The minimum Gasteiger partial charge on any atom is -0.310 e. The van der Waals surface area contributed by atoms with Gasteiger partial charge in [-0.2, -0.15) is 0 Å². The van der Waals surface area contributed by atoms with Crippen molar-refractivity contribution in [1.82, 2.24) is 5.32 Å². The quantitative estimate of drug-likeness (QED) is 0.760. The van der Waals surface area contributed by atoms with Crippen LogP contribution in [0.1, 0.15) is 58.6 Å². The SMILES string of the molecule is CCCNC(CCC(C)(C)C)c1ccccc1. The third-order valence-electron chi connectivity index (χ3n) is 3.03. The lowest BCUT2D eigenvalue weighted by atomic mass is 9.87. The Bertz CT molecular complexity index is 297. The first-order valence-electron chi connectivity index (χ1n) is 6.81. The van der Waals surface area contributed by atoms with Crippen LogP contribution in [0.4, 0.5) is 0 Å². The monoisotopic (exact) mass is 233 g/mol. The molecule has 0 aliphatic carbocycles. The van der Waals surface area contributed by atoms with Crippen molar-refractivity contribution in [3.63, 3.8) is 0 Å². The van der Waals surface area contributed by atoms with E-state index < -0.39 is 0 Å². The topological polar surface area (TPSA) is 12.0 Å². The van der Waals surface area contributed by atoms with Crippen LogP contribution in [-0.4, -0.2) is 6.54 Å². The van der Waals surface area contributed by atoms with Crippen LogP contribution >= 0.6 is 0 Å². The van der Waals surface area contributed by atoms with E-state index in [4.69, 9.17) is 0 Å². The van der Waals surface area contributed by atoms with E-state index in [1.54, 1.807) is 0 Å². The summed E-state index contributed by atoms with van der Waals surface area (Å²) in [6.07, 6.45) is 3.66. The first-order chi connectivity index (χ1) is 8.03. The van der Waals surface area contributed by atoms with Gasteiger partial charge in [-0.25, -0.2) is 0 Å². The minimum absolute atomic E-state index is 0.418. The molecule has 0 aromatic heterocycles. The van der Waals surface area contributed by atoms with Crippen molar-refractivity contribution in [2.24, 2.45) is 5.41 Å². The van der Waals surface area contributed by atoms with Gasteiger partial charge in [0.15, 0.2) is 0 Å². The second-order valence-corrected chi connectivity index (χ2v) is 6.02. The van der Waals surface area contributed by atoms with Crippen LogP contribution in [0.5, 0.6) is 0 Å². The largest absolute Gasteiger partial charge is 0.310 e. The molecule has 0 spiro atoms. The van der Waals surface area contributed by atoms with Crippen LogP contribution in [0.15, 0.2) is 30.3 Å². The summed E-state index contributed by atoms with van der Waals surface area (Å²) in [7, 11) is 0. The summed E-state index contributed by atoms with van der Waals surface area (Å²) < 4.78 is 0. The van der Waals surface area contributed by atoms with Gasteiger partial charge in [-0.05, 0) is 36.8 Å². The summed E-state index contributed by atoms with van der Waals surface area (Å²) in [5, 5.41) is 3.66. The van der Waals surface area contributed by atoms with Crippen LogP contribution < -0.4 is 5.32 Å². The number of benzene rings is 1. The van der Waals surface area contributed by atoms with Crippen LogP contribution in [0, 0.1) is 5.41 Å². The highest BCUT2D eigenvalue weighted by molar-refractivity contribution is 5.18. The summed E-state index contributed by atoms with van der Waals surface area (Å²) in [4.78, 5) is 0. The molecule has 1 aromatic carbocycles. The fourth-order valence-corrected chi connectivity index (χ4v) is 1.97. The smallest absolute Gasteiger partial charge is 0.0320 e. The maximum atomic E-state index is 3.66. The standard InChI is InChI=1S/C16H27N/c1-5-13-17-15(11-12-16(2,3)4)14-9-7-6-8-10-14/h6-10,15,17H,5,11-13H2,1-4H3. The van der Waals surface area contributed by atoms with Gasteiger partial charge in [0.05, 0.1) is 0 Å². The summed E-state index contributed by atoms with van der Waals surface area (Å²) in [5.41, 5.74) is 1.84. The summed E-state index contributed by atoms with van der Waals surface area (Å²) in [6, 6.07) is 11.3. The molecule has 1 heteroatoms. The lowest BCUT2D eigenvalue weighted by Gasteiger charge is -2.24. The molecule has 96 valence electrons. The molecule has 17 heavy (non-hydrogen) atoms. The van der Waals surface area contributed by atoms with Crippen molar-refractivity contribution < 1.29 is 0 Å². The molecule has 1 atom stereocenters. The molecule has 1 aromatic rings. The minimum atomic E-state index is 0.418. The van der Waals surface area contributed by atoms with E-state index in [-0.39, 0.29) is 0 Å². The van der Waals surface area contributed by atoms with Gasteiger partial charge in [-0.3, -0.25) is 0 Å². The van der Waals surface area contributed by atoms with Crippen molar-refractivity contribution >= 4 is 0 Å². The van der Waals surface area contributed by atoms with Crippen molar-refractivity contribution in [2.75, 3.05) is 6.54 Å². The van der Waals surface area contributed by atoms with E-state index in [9.17, 15) is 0 Å². The number of nitrogens with one attached hydrogen (secondary N) is 1. The average molecular weight is 233 g/mol. The molecule has 0 saturated heterocycles. The zero-order valence-electron chi connectivity index (χ0n) is 11.8. The molecule has 1 nitrogen and oxygen atoms in total. The Morgan fingerprint density at radius 3 is 2.29 bits per heavy atom. The van der Waals surface area contributed by atoms with Crippen LogP contribution in [0.3, 0.4) is 0 Å². The van der Waals surface area contributed by atoms with E-state index in [1.165, 1.54) is 24.8 Å². The third-order valence-corrected chi connectivity index (χ3v) is 3.03. The van der Waals surface area contributed by atoms with E-state index in [0.29, 0.717) is 11.5 Å². The Hall–Kier alpha value is -0.820. The van der Waals surface area contributed by atoms with Crippen molar-refractivity contribution in [3.05, 3.63) is 35.9 Å².